The zero-order chi connectivity index (χ0) is 28.2. The van der Waals surface area contributed by atoms with Crippen molar-refractivity contribution in [3.63, 3.8) is 0 Å². The summed E-state index contributed by atoms with van der Waals surface area (Å²) in [6.45, 7) is 8.76. The lowest BCUT2D eigenvalue weighted by Gasteiger charge is -2.17. The maximum atomic E-state index is 13.7. The van der Waals surface area contributed by atoms with Crippen LogP contribution in [0.15, 0.2) is 94.8 Å². The molecule has 0 amide bonds. The molecule has 5 aromatic rings. The van der Waals surface area contributed by atoms with E-state index in [9.17, 15) is 4.79 Å². The number of hydrogen-bond acceptors (Lipinski definition) is 5. The van der Waals surface area contributed by atoms with Crippen molar-refractivity contribution >= 4 is 17.1 Å². The Morgan fingerprint density at radius 1 is 0.950 bits per heavy atom. The Hall–Kier alpha value is -4.71. The molecule has 0 unspecified atom stereocenters. The van der Waals surface area contributed by atoms with E-state index in [1.54, 1.807) is 19.4 Å². The van der Waals surface area contributed by atoms with Crippen molar-refractivity contribution in [2.75, 3.05) is 7.11 Å². The average molecular weight is 532 g/mol. The Bertz CT molecular complexity index is 1770. The summed E-state index contributed by atoms with van der Waals surface area (Å²) < 4.78 is 13.1. The molecule has 0 saturated carbocycles. The Morgan fingerprint density at radius 3 is 2.52 bits per heavy atom. The molecular formula is C34H33N3O3. The lowest BCUT2D eigenvalue weighted by Crippen LogP contribution is -2.20. The van der Waals surface area contributed by atoms with E-state index in [1.165, 1.54) is 10.2 Å². The minimum Gasteiger partial charge on any atom is -0.496 e. The minimum atomic E-state index is -0.231. The van der Waals surface area contributed by atoms with Crippen molar-refractivity contribution in [2.45, 2.75) is 40.2 Å². The van der Waals surface area contributed by atoms with Crippen molar-refractivity contribution in [1.29, 1.82) is 0 Å². The van der Waals surface area contributed by atoms with E-state index in [0.29, 0.717) is 23.3 Å². The fraction of sp³-hybridized carbons (Fsp3) is 0.206. The van der Waals surface area contributed by atoms with Gasteiger partial charge in [-0.1, -0.05) is 67.9 Å². The number of ether oxygens (including phenoxy) is 2. The number of methoxy groups -OCH3 is 1. The Balaban J connectivity index is 1.56. The van der Waals surface area contributed by atoms with Crippen LogP contribution in [-0.4, -0.2) is 23.0 Å². The molecule has 0 bridgehead atoms. The van der Waals surface area contributed by atoms with Crippen LogP contribution in [0.5, 0.6) is 11.5 Å². The molecule has 0 aliphatic heterocycles. The van der Waals surface area contributed by atoms with Crippen molar-refractivity contribution in [3.05, 3.63) is 123 Å². The third kappa shape index (κ3) is 5.66. The first-order valence-electron chi connectivity index (χ1n) is 13.4. The first-order valence-corrected chi connectivity index (χ1v) is 13.4. The number of para-hydroxylation sites is 1. The van der Waals surface area contributed by atoms with Crippen LogP contribution in [0, 0.1) is 13.8 Å². The molecule has 0 N–H and O–H groups in total. The molecule has 202 valence electrons. The molecule has 0 aliphatic rings. The molecule has 1 aromatic heterocycles. The van der Waals surface area contributed by atoms with Crippen LogP contribution in [0.2, 0.25) is 0 Å². The topological polar surface area (TPSA) is 65.7 Å². The van der Waals surface area contributed by atoms with Crippen LogP contribution in [0.25, 0.3) is 22.3 Å². The predicted octanol–water partition coefficient (Wildman–Crippen LogP) is 7.27. The highest BCUT2D eigenvalue weighted by molar-refractivity contribution is 5.82. The zero-order valence-corrected chi connectivity index (χ0v) is 23.5. The van der Waals surface area contributed by atoms with E-state index < -0.39 is 0 Å². The third-order valence-corrected chi connectivity index (χ3v) is 6.86. The van der Waals surface area contributed by atoms with Gasteiger partial charge in [-0.05, 0) is 78.4 Å². The summed E-state index contributed by atoms with van der Waals surface area (Å²) in [5, 5.41) is 5.17. The maximum absolute atomic E-state index is 13.7. The summed E-state index contributed by atoms with van der Waals surface area (Å²) in [4.78, 5) is 18.6. The van der Waals surface area contributed by atoms with Gasteiger partial charge in [-0.2, -0.15) is 9.78 Å². The van der Waals surface area contributed by atoms with E-state index >= 15 is 0 Å². The quantitative estimate of drug-likeness (QED) is 0.198. The molecule has 5 rings (SSSR count). The second-order valence-electron chi connectivity index (χ2n) is 10.2. The molecule has 0 spiro atoms. The molecule has 0 atom stereocenters. The van der Waals surface area contributed by atoms with Gasteiger partial charge in [0.25, 0.3) is 5.56 Å². The molecule has 0 radical (unpaired) electrons. The lowest BCUT2D eigenvalue weighted by molar-refractivity contribution is 0.306. The highest BCUT2D eigenvalue weighted by Crippen LogP contribution is 2.34. The van der Waals surface area contributed by atoms with Crippen molar-refractivity contribution in [3.8, 4) is 22.9 Å². The second kappa shape index (κ2) is 11.6. The van der Waals surface area contributed by atoms with E-state index in [4.69, 9.17) is 14.5 Å². The number of fused-ring (bicyclic) bond motifs is 1. The monoisotopic (exact) mass is 531 g/mol. The molecule has 6 nitrogen and oxygen atoms in total. The first kappa shape index (κ1) is 26.9. The SMILES string of the molecule is COc1cc(C)c(-c2nc3ccccc3c(=O)n2N=Cc2cccc(OCc3cccc(C)c3)c2)cc1C(C)C. The van der Waals surface area contributed by atoms with Crippen LogP contribution in [0.1, 0.15) is 47.6 Å². The van der Waals surface area contributed by atoms with Crippen LogP contribution >= 0.6 is 0 Å². The number of aryl methyl sites for hydroxylation is 2. The standard InChI is InChI=1S/C34H33N3O3/c1-22(2)29-19-30(24(4)17-32(29)39-5)33-36-31-15-7-6-14-28(31)34(38)37(33)35-20-25-11-9-13-27(18-25)40-21-26-12-8-10-23(3)16-26/h6-20,22H,21H2,1-5H3. The number of rotatable bonds is 8. The van der Waals surface area contributed by atoms with Crippen LogP contribution in [0.3, 0.4) is 0 Å². The molecule has 0 fully saturated rings. The summed E-state index contributed by atoms with van der Waals surface area (Å²) in [7, 11) is 1.67. The van der Waals surface area contributed by atoms with Gasteiger partial charge in [0.2, 0.25) is 0 Å². The van der Waals surface area contributed by atoms with E-state index in [-0.39, 0.29) is 11.5 Å². The molecule has 6 heteroatoms. The highest BCUT2D eigenvalue weighted by Gasteiger charge is 2.18. The molecule has 0 aliphatic carbocycles. The largest absolute Gasteiger partial charge is 0.496 e. The average Bonchev–Trinajstić information content (AvgIpc) is 2.95. The van der Waals surface area contributed by atoms with Crippen molar-refractivity contribution in [1.82, 2.24) is 9.66 Å². The van der Waals surface area contributed by atoms with Crippen molar-refractivity contribution in [2.24, 2.45) is 5.10 Å². The van der Waals surface area contributed by atoms with E-state index in [2.05, 4.69) is 44.1 Å². The summed E-state index contributed by atoms with van der Waals surface area (Å²) in [5.74, 6) is 2.24. The zero-order valence-electron chi connectivity index (χ0n) is 23.5. The van der Waals surface area contributed by atoms with Crippen LogP contribution < -0.4 is 15.0 Å². The normalized spacial score (nSPS) is 11.4. The van der Waals surface area contributed by atoms with Gasteiger partial charge in [-0.25, -0.2) is 4.98 Å². The number of nitrogens with zero attached hydrogens (tertiary/aromatic N) is 3. The Kier molecular flexibility index (Phi) is 7.78. The van der Waals surface area contributed by atoms with E-state index in [1.807, 2.05) is 67.6 Å². The van der Waals surface area contributed by atoms with Crippen molar-refractivity contribution < 1.29 is 9.47 Å². The second-order valence-corrected chi connectivity index (χ2v) is 10.2. The molecule has 40 heavy (non-hydrogen) atoms. The fourth-order valence-electron chi connectivity index (χ4n) is 4.75. The first-order chi connectivity index (χ1) is 19.3. The summed E-state index contributed by atoms with van der Waals surface area (Å²) in [6.07, 6.45) is 1.67. The van der Waals surface area contributed by atoms with Crippen LogP contribution in [-0.2, 0) is 6.61 Å². The van der Waals surface area contributed by atoms with Gasteiger partial charge < -0.3 is 9.47 Å². The molecular weight excluding hydrogens is 498 g/mol. The number of aromatic nitrogens is 2. The van der Waals surface area contributed by atoms with E-state index in [0.717, 1.165) is 39.3 Å². The minimum absolute atomic E-state index is 0.223. The molecule has 0 saturated heterocycles. The Labute approximate surface area is 234 Å². The molecule has 1 heterocycles. The van der Waals surface area contributed by atoms with Gasteiger partial charge in [0.15, 0.2) is 5.82 Å². The van der Waals surface area contributed by atoms with Gasteiger partial charge >= 0.3 is 0 Å². The lowest BCUT2D eigenvalue weighted by atomic mass is 9.96. The maximum Gasteiger partial charge on any atom is 0.282 e. The fourth-order valence-corrected chi connectivity index (χ4v) is 4.75. The van der Waals surface area contributed by atoms with Gasteiger partial charge in [-0.15, -0.1) is 0 Å². The predicted molar refractivity (Wildman–Crippen MR) is 162 cm³/mol. The number of hydrogen-bond donors (Lipinski definition) is 0. The third-order valence-electron chi connectivity index (χ3n) is 6.86. The Morgan fingerprint density at radius 2 is 1.75 bits per heavy atom. The highest BCUT2D eigenvalue weighted by atomic mass is 16.5. The smallest absolute Gasteiger partial charge is 0.282 e. The molecule has 4 aromatic carbocycles. The summed E-state index contributed by atoms with van der Waals surface area (Å²) >= 11 is 0. The van der Waals surface area contributed by atoms with Gasteiger partial charge in [0.05, 0.1) is 24.2 Å². The summed E-state index contributed by atoms with van der Waals surface area (Å²) in [6, 6.07) is 27.3. The van der Waals surface area contributed by atoms with Gasteiger partial charge in [0, 0.05) is 5.56 Å². The van der Waals surface area contributed by atoms with Crippen LogP contribution in [0.4, 0.5) is 0 Å². The number of benzene rings is 4. The van der Waals surface area contributed by atoms with Gasteiger partial charge in [0.1, 0.15) is 18.1 Å². The summed E-state index contributed by atoms with van der Waals surface area (Å²) in [5.41, 5.74) is 6.32. The van der Waals surface area contributed by atoms with Gasteiger partial charge in [-0.3, -0.25) is 4.79 Å².